The molecule has 0 radical (unpaired) electrons. The van der Waals surface area contributed by atoms with Gasteiger partial charge in [0.1, 0.15) is 73.7 Å². The minimum absolute atomic E-state index is 0.145. The number of nitrogens with zero attached hydrogens (tertiary/aromatic N) is 15. The molecule has 18 atom stereocenters. The average Bonchev–Trinajstić information content (AvgIpc) is 1.59. The average molecular weight is 1690 g/mol. The van der Waals surface area contributed by atoms with Gasteiger partial charge in [0.25, 0.3) is 0 Å². The number of hydrogen-bond acceptors (Lipinski definition) is 26. The normalized spacial score (nSPS) is 27.2. The van der Waals surface area contributed by atoms with Crippen LogP contribution in [0.15, 0.2) is 135 Å². The van der Waals surface area contributed by atoms with Gasteiger partial charge in [-0.05, 0) is 104 Å². The van der Waals surface area contributed by atoms with Crippen molar-refractivity contribution in [3.8, 4) is 0 Å². The Labute approximate surface area is 705 Å². The number of anilines is 3. The third-order valence-corrected chi connectivity index (χ3v) is 23.7. The fourth-order valence-corrected chi connectivity index (χ4v) is 18.3. The number of aromatic nitrogens is 12. The number of carbonyl (C=O) groups is 9. The monoisotopic (exact) mass is 1690 g/mol. The van der Waals surface area contributed by atoms with Crippen LogP contribution in [0.1, 0.15) is 140 Å². The predicted octanol–water partition coefficient (Wildman–Crippen LogP) is 7.56. The van der Waals surface area contributed by atoms with Gasteiger partial charge in [0.15, 0.2) is 69.8 Å². The Bertz CT molecular complexity index is 5160. The zero-order chi connectivity index (χ0) is 85.5. The summed E-state index contributed by atoms with van der Waals surface area (Å²) in [6.45, 7) is 12.2. The number of nitrogens with one attached hydrogen (secondary N) is 6. The molecule has 0 bridgehead atoms. The van der Waals surface area contributed by atoms with Crippen molar-refractivity contribution in [1.82, 2.24) is 89.2 Å². The number of likely N-dealkylation sites (tertiary alicyclic amines) is 3. The third-order valence-electron chi connectivity index (χ3n) is 23.7. The fraction of sp³-hybridized carbons (Fsp3) is 0.476. The number of amides is 9. The van der Waals surface area contributed by atoms with Gasteiger partial charge in [0, 0.05) is 50.4 Å². The summed E-state index contributed by atoms with van der Waals surface area (Å²) in [6.07, 6.45) is 12.3. The smallest absolute Gasteiger partial charge is 0.328 e. The van der Waals surface area contributed by atoms with E-state index in [0.717, 1.165) is 29.5 Å². The molecule has 6 aliphatic heterocycles. The Kier molecular flexibility index (Phi) is 25.6. The minimum Gasteiger partial charge on any atom is -0.480 e. The van der Waals surface area contributed by atoms with E-state index in [2.05, 4.69) is 76.8 Å². The van der Waals surface area contributed by atoms with Crippen molar-refractivity contribution in [1.29, 1.82) is 0 Å². The molecule has 9 fully saturated rings. The molecule has 39 heteroatoms. The van der Waals surface area contributed by atoms with Crippen LogP contribution in [0.5, 0.6) is 0 Å². The van der Waals surface area contributed by atoms with Crippen LogP contribution in [-0.2, 0) is 66.7 Å². The maximum Gasteiger partial charge on any atom is 0.328 e. The number of fused-ring (bicyclic) bond motifs is 6. The highest BCUT2D eigenvalue weighted by Crippen LogP contribution is 2.53. The number of rotatable bonds is 21. The molecular weight excluding hydrogens is 1590 g/mol. The maximum absolute atomic E-state index is 14.0. The van der Waals surface area contributed by atoms with E-state index in [-0.39, 0.29) is 78.5 Å². The van der Waals surface area contributed by atoms with E-state index in [0.29, 0.717) is 118 Å². The number of hydrogen-bond donors (Lipinski definition) is 7. The van der Waals surface area contributed by atoms with Crippen molar-refractivity contribution in [3.05, 3.63) is 152 Å². The van der Waals surface area contributed by atoms with Crippen LogP contribution < -0.4 is 31.9 Å². The quantitative estimate of drug-likeness (QED) is 0.0341. The molecule has 9 amide bonds. The van der Waals surface area contributed by atoms with Crippen LogP contribution in [0.3, 0.4) is 0 Å². The van der Waals surface area contributed by atoms with Gasteiger partial charge in [-0.25, -0.2) is 73.6 Å². The molecule has 6 saturated heterocycles. The van der Waals surface area contributed by atoms with Crippen LogP contribution in [0, 0.1) is 17.8 Å². The Morgan fingerprint density at radius 3 is 1.12 bits per heavy atom. The summed E-state index contributed by atoms with van der Waals surface area (Å²) in [5.41, 5.74) is 5.40. The lowest BCUT2D eigenvalue weighted by Crippen LogP contribution is -2.46. The van der Waals surface area contributed by atoms with Crippen molar-refractivity contribution in [3.63, 3.8) is 0 Å². The van der Waals surface area contributed by atoms with Crippen molar-refractivity contribution < 1.29 is 86.2 Å². The first-order chi connectivity index (χ1) is 59.9. The van der Waals surface area contributed by atoms with E-state index in [1.807, 2.05) is 138 Å². The van der Waals surface area contributed by atoms with Crippen molar-refractivity contribution in [2.75, 3.05) is 68.4 Å². The molecule has 9 aromatic rings. The number of esters is 2. The molecule has 9 aliphatic rings. The van der Waals surface area contributed by atoms with E-state index in [9.17, 15) is 48.3 Å². The van der Waals surface area contributed by atoms with Gasteiger partial charge in [-0.1, -0.05) is 97.1 Å². The molecule has 6 aromatic heterocycles. The second-order valence-electron chi connectivity index (χ2n) is 31.0. The lowest BCUT2D eigenvalue weighted by Gasteiger charge is -2.28. The third kappa shape index (κ3) is 17.3. The zero-order valence-corrected chi connectivity index (χ0v) is 68.3. The highest BCUT2D eigenvalue weighted by atomic mass is 16.7. The molecule has 12 heterocycles. The summed E-state index contributed by atoms with van der Waals surface area (Å²) < 4.78 is 54.6. The highest BCUT2D eigenvalue weighted by Gasteiger charge is 2.60. The number of ether oxygens (including phenoxy) is 8. The van der Waals surface area contributed by atoms with Gasteiger partial charge in [0.2, 0.25) is 17.7 Å². The molecular formula is C84H97N21O18. The molecule has 123 heavy (non-hydrogen) atoms. The summed E-state index contributed by atoms with van der Waals surface area (Å²) >= 11 is 0. The number of aliphatic carboxylic acids is 1. The number of imidazole rings is 3. The molecule has 0 spiro atoms. The Hall–Kier alpha value is -12.6. The van der Waals surface area contributed by atoms with Gasteiger partial charge >= 0.3 is 36.0 Å². The molecule has 3 saturated carbocycles. The van der Waals surface area contributed by atoms with E-state index in [4.69, 9.17) is 37.9 Å². The summed E-state index contributed by atoms with van der Waals surface area (Å²) in [5.74, 6) is -3.20. The fourth-order valence-electron chi connectivity index (χ4n) is 18.3. The summed E-state index contributed by atoms with van der Waals surface area (Å²) in [7, 11) is 0. The number of carboxylic acid groups (broad SMARTS) is 1. The van der Waals surface area contributed by atoms with Crippen LogP contribution in [0.25, 0.3) is 39.6 Å². The number of urea groups is 3. The van der Waals surface area contributed by atoms with Gasteiger partial charge in [-0.15, -0.1) is 0 Å². The van der Waals surface area contributed by atoms with Crippen LogP contribution >= 0.6 is 0 Å². The molecule has 646 valence electrons. The van der Waals surface area contributed by atoms with Gasteiger partial charge in [-0.2, -0.15) is 0 Å². The molecule has 7 N–H and O–H groups in total. The van der Waals surface area contributed by atoms with E-state index in [1.54, 1.807) is 42.6 Å². The van der Waals surface area contributed by atoms with Gasteiger partial charge in [-0.3, -0.25) is 30.3 Å². The second kappa shape index (κ2) is 37.4. The van der Waals surface area contributed by atoms with Crippen molar-refractivity contribution in [2.24, 2.45) is 17.8 Å². The molecule has 12 unspecified atom stereocenters. The maximum atomic E-state index is 14.0. The summed E-state index contributed by atoms with van der Waals surface area (Å²) in [6, 6.07) is 24.6. The molecule has 3 aromatic carbocycles. The molecule has 39 nitrogen and oxygen atoms in total. The predicted molar refractivity (Wildman–Crippen MR) is 437 cm³/mol. The number of carboxylic acids is 1. The SMILES string of the molecule is CCNC(=O)Nc1ncnc2c1ncn2C1CC(C(=O)N2CCC[C@@H]2C(=O)O)C2O[C@H](/C=C/c3ccccc3)OC21.CCNC(=O)Nc1ncnc2c1ncn2C1CC(C(=O)N2CCC[C@@H]2C(=O)OCC)C2O[C@H](c3ccccc3)OC21.CCNC(=O)Nc1ncnc2c1ncn2C1CC(C(=O)N2CCC[C@H]2C(=O)OCC)C2O[C@H](c3ccccc3)OC21. The molecule has 3 aliphatic carbocycles. The van der Waals surface area contributed by atoms with E-state index in [1.165, 1.54) is 23.9 Å². The minimum atomic E-state index is -1.00. The summed E-state index contributed by atoms with van der Waals surface area (Å²) in [4.78, 5) is 160. The zero-order valence-electron chi connectivity index (χ0n) is 68.3. The lowest BCUT2D eigenvalue weighted by molar-refractivity contribution is -0.156. The molecule has 18 rings (SSSR count). The first-order valence-corrected chi connectivity index (χ1v) is 41.8. The standard InChI is InChI=1S/2C28H33N7O6.C28H31N7O6/c2*1-3-29-28(38)33-23-20-24(31-14-30-23)35(15-32-20)19-13-17(25(36)34-12-8-11-18(34)26(37)39-4-2)21-22(19)41-27(40-21)16-9-6-5-7-10-16;1-2-29-28(39)33-24-21-25(31-14-30-24)35(15-32-21)19-13-17(26(36)34-12-6-9-18(34)27(37)38)22-23(19)41-20(40-22)11-10-16-7-4-3-5-8-16/h2*5-7,9-10,14-15,17-19,21-22,27H,3-4,8,11-13H2,1-2H3,(H2,29,30,31,33,38);3-5,7-8,10-11,14-15,17-20,22-23H,2,6,9,12-13H2,1H3,(H,37,38)(H2,29,30,31,33,39)/b;;11-10+/t17?,18-,19?,21?,22?,27+;17?,18-,19?,21?,22?,27-;17?,18-,19?,20+,22?,23?/m101/s1. The Morgan fingerprint density at radius 1 is 0.423 bits per heavy atom. The van der Waals surface area contributed by atoms with Crippen LogP contribution in [0.4, 0.5) is 31.8 Å². The van der Waals surface area contributed by atoms with E-state index < -0.39 is 115 Å². The van der Waals surface area contributed by atoms with Crippen LogP contribution in [0.2, 0.25) is 0 Å². The van der Waals surface area contributed by atoms with Crippen LogP contribution in [-0.4, -0.2) is 246 Å². The van der Waals surface area contributed by atoms with Gasteiger partial charge in [0.05, 0.1) is 68.1 Å². The Morgan fingerprint density at radius 2 is 0.756 bits per heavy atom. The van der Waals surface area contributed by atoms with Gasteiger partial charge < -0.3 is 87.4 Å². The topological polar surface area (TPSA) is 460 Å². The lowest BCUT2D eigenvalue weighted by atomic mass is 10.0. The first kappa shape index (κ1) is 84.1. The van der Waals surface area contributed by atoms with E-state index >= 15 is 0 Å². The largest absolute Gasteiger partial charge is 0.480 e. The van der Waals surface area contributed by atoms with Crippen molar-refractivity contribution >= 4 is 111 Å². The number of benzene rings is 3. The van der Waals surface area contributed by atoms with Crippen molar-refractivity contribution in [2.45, 2.75) is 184 Å². The number of carbonyl (C=O) groups excluding carboxylic acids is 8. The Balaban J connectivity index is 0.000000137. The first-order valence-electron chi connectivity index (χ1n) is 41.8. The summed E-state index contributed by atoms with van der Waals surface area (Å²) in [5, 5.41) is 25.9. The second-order valence-corrected chi connectivity index (χ2v) is 31.0. The highest BCUT2D eigenvalue weighted by molar-refractivity contribution is 5.98.